The first-order chi connectivity index (χ1) is 42.2. The Labute approximate surface area is 566 Å². The molecule has 0 amide bonds. The highest BCUT2D eigenvalue weighted by Crippen LogP contribution is 2.42. The van der Waals surface area contributed by atoms with Crippen LogP contribution in [0.3, 0.4) is 0 Å². The topological polar surface area (TPSA) is 408 Å². The molecule has 0 radical (unpaired) electrons. The first kappa shape index (κ1) is 91.6. The first-order valence-corrected chi connectivity index (χ1v) is 32.9. The number of aliphatic hydroxyl groups excluding tert-OH is 4. The molecule has 0 saturated carbocycles. The van der Waals surface area contributed by atoms with Gasteiger partial charge in [-0.15, -0.1) is 0 Å². The number of aliphatic hydroxyl groups is 8. The summed E-state index contributed by atoms with van der Waals surface area (Å²) in [6.45, 7) is 45.0. The van der Waals surface area contributed by atoms with Crippen molar-refractivity contribution in [3.63, 3.8) is 0 Å². The van der Waals surface area contributed by atoms with Crippen LogP contribution in [0.5, 0.6) is 0 Å². The van der Waals surface area contributed by atoms with Crippen molar-refractivity contribution in [2.75, 3.05) is 85.3 Å². The molecule has 29 heteroatoms. The lowest BCUT2D eigenvalue weighted by atomic mass is 9.80. The van der Waals surface area contributed by atoms with E-state index in [-0.39, 0.29) is 121 Å². The molecule has 0 aromatic heterocycles. The Balaban J connectivity index is 0.00000118. The molecule has 95 heavy (non-hydrogen) atoms. The Hall–Kier alpha value is -3.41. The summed E-state index contributed by atoms with van der Waals surface area (Å²) in [6, 6.07) is 0. The zero-order chi connectivity index (χ0) is 74.9. The average Bonchev–Trinajstić information content (AvgIpc) is 0.801. The van der Waals surface area contributed by atoms with Crippen molar-refractivity contribution >= 4 is 29.8 Å². The SMILES string of the molecule is CC(C)(O)CON1C(C)(C)CC(O)CC1(C)C.CC(C)(O)CON1C(C)(C)CC(O)CC1(C)C.CC(C)(O)CON1C(C)(C)CC(O)CC1(C)C.CC(C)(O)CON1C(C)(C)CC(O)CC1(C)C.O=C(O)CN(CCN(CC(=O)O)CC(=O)O)CCN(CC(=O)O)CC(=O)O. The van der Waals surface area contributed by atoms with Gasteiger partial charge in [0.2, 0.25) is 0 Å². The van der Waals surface area contributed by atoms with Crippen LogP contribution in [0.25, 0.3) is 0 Å². The predicted molar refractivity (Wildman–Crippen MR) is 357 cm³/mol. The smallest absolute Gasteiger partial charge is 0.317 e. The van der Waals surface area contributed by atoms with Crippen molar-refractivity contribution in [2.45, 2.75) is 309 Å². The van der Waals surface area contributed by atoms with Gasteiger partial charge in [-0.2, -0.15) is 20.3 Å². The summed E-state index contributed by atoms with van der Waals surface area (Å²) in [5.41, 5.74) is -5.22. The number of hydroxylamine groups is 8. The lowest BCUT2D eigenvalue weighted by Crippen LogP contribution is -2.62. The van der Waals surface area contributed by atoms with Gasteiger partial charge in [0.15, 0.2) is 0 Å². The van der Waals surface area contributed by atoms with Gasteiger partial charge in [-0.05, 0) is 218 Å². The third-order valence-corrected chi connectivity index (χ3v) is 15.7. The van der Waals surface area contributed by atoms with Crippen LogP contribution >= 0.6 is 0 Å². The number of piperidine rings is 4. The maximum atomic E-state index is 11.0. The van der Waals surface area contributed by atoms with Crippen LogP contribution < -0.4 is 0 Å². The zero-order valence-corrected chi connectivity index (χ0v) is 62.3. The lowest BCUT2D eigenvalue weighted by molar-refractivity contribution is -0.306. The summed E-state index contributed by atoms with van der Waals surface area (Å²) in [6.07, 6.45) is 4.30. The highest BCUT2D eigenvalue weighted by atomic mass is 16.7. The lowest BCUT2D eigenvalue weighted by Gasteiger charge is -2.53. The second-order valence-electron chi connectivity index (χ2n) is 33.9. The minimum Gasteiger partial charge on any atom is -0.480 e. The highest BCUT2D eigenvalue weighted by molar-refractivity contribution is 5.73. The van der Waals surface area contributed by atoms with E-state index in [0.717, 1.165) is 9.80 Å². The van der Waals surface area contributed by atoms with Crippen LogP contribution in [0.1, 0.15) is 218 Å². The van der Waals surface area contributed by atoms with Crippen molar-refractivity contribution < 1.29 is 110 Å². The number of carboxylic acid groups (broad SMARTS) is 5. The van der Waals surface area contributed by atoms with Gasteiger partial charge in [-0.25, -0.2) is 0 Å². The van der Waals surface area contributed by atoms with Gasteiger partial charge < -0.3 is 66.4 Å². The molecule has 0 spiro atoms. The number of hydrogen-bond donors (Lipinski definition) is 13. The van der Waals surface area contributed by atoms with Crippen LogP contribution in [0.15, 0.2) is 0 Å². The summed E-state index contributed by atoms with van der Waals surface area (Å²) in [5, 5.41) is 130. The quantitative estimate of drug-likeness (QED) is 0.0524. The zero-order valence-electron chi connectivity index (χ0n) is 62.3. The molecule has 4 aliphatic heterocycles. The standard InChI is InChI=1S/C14H23N3O10.4C13H27NO3/c18-10(19)5-15(1-3-16(6-11(20)21)7-12(22)23)2-4-17(8-13(24)25)9-14(26)27;4*1-11(2)7-10(15)8-12(3,4)14(11)17-9-13(5,6)16/h1-9H2,(H,18,19)(H,20,21)(H,22,23)(H,24,25)(H,26,27);4*10,15-16H,7-9H2,1-6H3. The van der Waals surface area contributed by atoms with E-state index in [1.807, 2.05) is 20.3 Å². The van der Waals surface area contributed by atoms with Crippen LogP contribution in [0.2, 0.25) is 0 Å². The van der Waals surface area contributed by atoms with Gasteiger partial charge in [0.1, 0.15) is 0 Å². The normalized spacial score (nSPS) is 21.8. The molecule has 4 saturated heterocycles. The van der Waals surface area contributed by atoms with E-state index in [2.05, 4.69) is 111 Å². The third kappa shape index (κ3) is 37.0. The van der Waals surface area contributed by atoms with Crippen LogP contribution in [0.4, 0.5) is 0 Å². The molecule has 4 fully saturated rings. The molecular weight excluding hydrogens is 1240 g/mol. The molecule has 0 aliphatic carbocycles. The van der Waals surface area contributed by atoms with E-state index in [4.69, 9.17) is 44.9 Å². The fraction of sp³-hybridized carbons (Fsp3) is 0.924. The molecule has 562 valence electrons. The molecule has 0 unspecified atom stereocenters. The number of carbonyl (C=O) groups is 5. The van der Waals surface area contributed by atoms with Gasteiger partial charge in [-0.1, -0.05) is 0 Å². The third-order valence-electron chi connectivity index (χ3n) is 15.7. The Kier molecular flexibility index (Phi) is 35.0. The molecule has 0 atom stereocenters. The Bertz CT molecular complexity index is 1990. The van der Waals surface area contributed by atoms with E-state index in [1.165, 1.54) is 4.90 Å². The molecule has 4 aliphatic rings. The maximum absolute atomic E-state index is 11.0. The largest absolute Gasteiger partial charge is 0.480 e. The van der Waals surface area contributed by atoms with E-state index in [1.54, 1.807) is 55.4 Å². The minimum absolute atomic E-state index is 0.000836. The number of carboxylic acids is 5. The van der Waals surface area contributed by atoms with Crippen LogP contribution in [-0.2, 0) is 43.3 Å². The number of rotatable bonds is 28. The number of aliphatic carboxylic acids is 5. The molecule has 4 rings (SSSR count). The van der Waals surface area contributed by atoms with Crippen LogP contribution in [-0.4, -0.2) is 308 Å². The van der Waals surface area contributed by atoms with Crippen LogP contribution in [0, 0.1) is 0 Å². The Morgan fingerprint density at radius 2 is 0.432 bits per heavy atom. The molecular formula is C66H131N7O22. The summed E-state index contributed by atoms with van der Waals surface area (Å²) < 4.78 is 0. The summed E-state index contributed by atoms with van der Waals surface area (Å²) in [5.74, 6) is -6.16. The molecule has 0 aromatic carbocycles. The summed E-state index contributed by atoms with van der Waals surface area (Å²) >= 11 is 0. The highest BCUT2D eigenvalue weighted by Gasteiger charge is 2.50. The van der Waals surface area contributed by atoms with Crippen molar-refractivity contribution in [1.82, 2.24) is 35.0 Å². The second-order valence-corrected chi connectivity index (χ2v) is 33.9. The van der Waals surface area contributed by atoms with Crippen molar-refractivity contribution in [2.24, 2.45) is 0 Å². The summed E-state index contributed by atoms with van der Waals surface area (Å²) in [7, 11) is 0. The number of nitrogens with zero attached hydrogens (tertiary/aromatic N) is 7. The Morgan fingerprint density at radius 3 is 0.558 bits per heavy atom. The summed E-state index contributed by atoms with van der Waals surface area (Å²) in [4.78, 5) is 80.8. The fourth-order valence-corrected chi connectivity index (χ4v) is 13.4. The molecule has 0 aromatic rings. The monoisotopic (exact) mass is 1370 g/mol. The molecule has 0 bridgehead atoms. The van der Waals surface area contributed by atoms with E-state index in [9.17, 15) is 64.8 Å². The molecule has 29 nitrogen and oxygen atoms in total. The first-order valence-electron chi connectivity index (χ1n) is 32.9. The van der Waals surface area contributed by atoms with Gasteiger partial charge in [-0.3, -0.25) is 58.0 Å². The Morgan fingerprint density at radius 1 is 0.305 bits per heavy atom. The van der Waals surface area contributed by atoms with E-state index >= 15 is 0 Å². The van der Waals surface area contributed by atoms with Gasteiger partial charge in [0.25, 0.3) is 0 Å². The fourth-order valence-electron chi connectivity index (χ4n) is 13.4. The van der Waals surface area contributed by atoms with E-state index < -0.39 is 85.0 Å². The van der Waals surface area contributed by atoms with Crippen molar-refractivity contribution in [3.8, 4) is 0 Å². The van der Waals surface area contributed by atoms with Gasteiger partial charge in [0, 0.05) is 70.5 Å². The maximum Gasteiger partial charge on any atom is 0.317 e. The van der Waals surface area contributed by atoms with Gasteiger partial charge in [0.05, 0.1) is 106 Å². The molecule has 13 N–H and O–H groups in total. The number of hydrogen-bond acceptors (Lipinski definition) is 24. The van der Waals surface area contributed by atoms with Gasteiger partial charge >= 0.3 is 29.8 Å². The average molecular weight is 1370 g/mol. The van der Waals surface area contributed by atoms with Crippen molar-refractivity contribution in [1.29, 1.82) is 0 Å². The van der Waals surface area contributed by atoms with E-state index in [0.29, 0.717) is 51.4 Å². The molecule has 4 heterocycles. The van der Waals surface area contributed by atoms with Crippen molar-refractivity contribution in [3.05, 3.63) is 0 Å². The predicted octanol–water partition coefficient (Wildman–Crippen LogP) is 4.13. The minimum atomic E-state index is -1.24. The second kappa shape index (κ2) is 36.3.